The third-order valence-electron chi connectivity index (χ3n) is 2.07. The number of nitrogen functional groups attached to an aromatic ring is 1. The van der Waals surface area contributed by atoms with Crippen LogP contribution in [0.5, 0.6) is 5.88 Å². The molecule has 0 aromatic carbocycles. The molecule has 1 aromatic rings. The fourth-order valence-electron chi connectivity index (χ4n) is 1.20. The lowest BCUT2D eigenvalue weighted by Gasteiger charge is -2.10. The summed E-state index contributed by atoms with van der Waals surface area (Å²) in [6.07, 6.45) is 1.39. The van der Waals surface area contributed by atoms with Crippen molar-refractivity contribution in [3.63, 3.8) is 0 Å². The maximum atomic E-state index is 11.2. The van der Waals surface area contributed by atoms with Crippen LogP contribution in [0.4, 0.5) is 11.5 Å². The lowest BCUT2D eigenvalue weighted by atomic mass is 10.4. The van der Waals surface area contributed by atoms with Gasteiger partial charge in [0.1, 0.15) is 12.0 Å². The third-order valence-corrected chi connectivity index (χ3v) is 3.38. The highest BCUT2D eigenvalue weighted by atomic mass is 32.2. The number of nitrogens with zero attached hydrogens (tertiary/aromatic N) is 2. The molecule has 1 unspecified atom stereocenters. The molecule has 1 aromatic heterocycles. The maximum absolute atomic E-state index is 11.2. The van der Waals surface area contributed by atoms with Crippen LogP contribution >= 0.6 is 0 Å². The van der Waals surface area contributed by atoms with Crippen LogP contribution in [0.2, 0.25) is 0 Å². The standard InChI is InChI=1S/C10H18N4O2S/c1-3-16-10-8(11)9(13-7-14-10)12-5-6-17(15)4-2/h7H,3-6,11H2,1-2H3,(H,12,13,14). The smallest absolute Gasteiger partial charge is 0.242 e. The van der Waals surface area contributed by atoms with Gasteiger partial charge in [-0.25, -0.2) is 4.98 Å². The second-order valence-corrected chi connectivity index (χ2v) is 5.10. The van der Waals surface area contributed by atoms with Gasteiger partial charge in [0, 0.05) is 28.9 Å². The van der Waals surface area contributed by atoms with Gasteiger partial charge in [0.15, 0.2) is 5.82 Å². The summed E-state index contributed by atoms with van der Waals surface area (Å²) >= 11 is 0. The van der Waals surface area contributed by atoms with Gasteiger partial charge in [0.05, 0.1) is 6.61 Å². The monoisotopic (exact) mass is 258 g/mol. The van der Waals surface area contributed by atoms with Crippen LogP contribution in [-0.2, 0) is 10.8 Å². The highest BCUT2D eigenvalue weighted by Crippen LogP contribution is 2.23. The largest absolute Gasteiger partial charge is 0.476 e. The first-order chi connectivity index (χ1) is 8.19. The molecule has 1 heterocycles. The lowest BCUT2D eigenvalue weighted by Crippen LogP contribution is -2.14. The van der Waals surface area contributed by atoms with Crippen LogP contribution in [-0.4, -0.2) is 38.8 Å². The van der Waals surface area contributed by atoms with Gasteiger partial charge in [-0.1, -0.05) is 6.92 Å². The van der Waals surface area contributed by atoms with E-state index in [0.717, 1.165) is 0 Å². The fraction of sp³-hybridized carbons (Fsp3) is 0.600. The summed E-state index contributed by atoms with van der Waals surface area (Å²) in [7, 11) is -0.794. The van der Waals surface area contributed by atoms with E-state index in [-0.39, 0.29) is 0 Å². The van der Waals surface area contributed by atoms with Crippen molar-refractivity contribution in [3.8, 4) is 5.88 Å². The number of nitrogens with one attached hydrogen (secondary N) is 1. The number of hydrogen-bond donors (Lipinski definition) is 2. The number of aromatic nitrogens is 2. The SMILES string of the molecule is CCOc1ncnc(NCCS(=O)CC)c1N. The van der Waals surface area contributed by atoms with E-state index in [1.54, 1.807) is 0 Å². The van der Waals surface area contributed by atoms with Crippen LogP contribution < -0.4 is 15.8 Å². The summed E-state index contributed by atoms with van der Waals surface area (Å²) in [6.45, 7) is 4.81. The van der Waals surface area contributed by atoms with E-state index < -0.39 is 10.8 Å². The van der Waals surface area contributed by atoms with Crippen molar-refractivity contribution < 1.29 is 8.95 Å². The molecule has 1 atom stereocenters. The molecule has 17 heavy (non-hydrogen) atoms. The first-order valence-electron chi connectivity index (χ1n) is 5.51. The maximum Gasteiger partial charge on any atom is 0.242 e. The molecule has 1 rings (SSSR count). The number of nitrogens with two attached hydrogens (primary N) is 1. The first kappa shape index (κ1) is 13.7. The Bertz CT molecular complexity index is 387. The Morgan fingerprint density at radius 3 is 2.88 bits per heavy atom. The van der Waals surface area contributed by atoms with Gasteiger partial charge in [0.2, 0.25) is 5.88 Å². The van der Waals surface area contributed by atoms with Crippen LogP contribution in [0, 0.1) is 0 Å². The average molecular weight is 258 g/mol. The summed E-state index contributed by atoms with van der Waals surface area (Å²) in [6, 6.07) is 0. The molecule has 0 aliphatic rings. The normalized spacial score (nSPS) is 12.1. The topological polar surface area (TPSA) is 90.1 Å². The van der Waals surface area contributed by atoms with Crippen molar-refractivity contribution in [2.24, 2.45) is 0 Å². The van der Waals surface area contributed by atoms with Crippen molar-refractivity contribution in [2.75, 3.05) is 35.7 Å². The fourth-order valence-corrected chi connectivity index (χ4v) is 1.82. The van der Waals surface area contributed by atoms with Gasteiger partial charge in [-0.2, -0.15) is 4.98 Å². The van der Waals surface area contributed by atoms with Crippen molar-refractivity contribution >= 4 is 22.3 Å². The van der Waals surface area contributed by atoms with Gasteiger partial charge >= 0.3 is 0 Å². The van der Waals surface area contributed by atoms with E-state index in [1.165, 1.54) is 6.33 Å². The van der Waals surface area contributed by atoms with E-state index in [9.17, 15) is 4.21 Å². The highest BCUT2D eigenvalue weighted by Gasteiger charge is 2.08. The lowest BCUT2D eigenvalue weighted by molar-refractivity contribution is 0.328. The molecule has 7 heteroatoms. The minimum atomic E-state index is -0.794. The molecular weight excluding hydrogens is 240 g/mol. The van der Waals surface area contributed by atoms with Crippen molar-refractivity contribution in [1.29, 1.82) is 0 Å². The van der Waals surface area contributed by atoms with Gasteiger partial charge in [0.25, 0.3) is 0 Å². The number of anilines is 2. The summed E-state index contributed by atoms with van der Waals surface area (Å²) in [5.41, 5.74) is 6.22. The number of hydrogen-bond acceptors (Lipinski definition) is 6. The van der Waals surface area contributed by atoms with Gasteiger partial charge < -0.3 is 15.8 Å². The molecule has 3 N–H and O–H groups in total. The number of rotatable bonds is 7. The van der Waals surface area contributed by atoms with Crippen LogP contribution in [0.3, 0.4) is 0 Å². The zero-order valence-electron chi connectivity index (χ0n) is 10.1. The minimum absolute atomic E-state index is 0.376. The number of ether oxygens (including phenoxy) is 1. The van der Waals surface area contributed by atoms with Crippen LogP contribution in [0.15, 0.2) is 6.33 Å². The molecule has 0 radical (unpaired) electrons. The molecule has 0 aliphatic heterocycles. The molecular formula is C10H18N4O2S. The molecule has 0 bridgehead atoms. The van der Waals surface area contributed by atoms with Gasteiger partial charge in [-0.05, 0) is 6.92 Å². The predicted molar refractivity (Wildman–Crippen MR) is 69.7 cm³/mol. The quantitative estimate of drug-likeness (QED) is 0.746. The molecule has 0 aliphatic carbocycles. The first-order valence-corrected chi connectivity index (χ1v) is 6.99. The summed E-state index contributed by atoms with van der Waals surface area (Å²) in [5, 5.41) is 3.03. The summed E-state index contributed by atoms with van der Waals surface area (Å²) in [5.74, 6) is 2.13. The Morgan fingerprint density at radius 1 is 1.47 bits per heavy atom. The second kappa shape index (κ2) is 7.05. The van der Waals surface area contributed by atoms with Crippen molar-refractivity contribution in [3.05, 3.63) is 6.33 Å². The molecule has 96 valence electrons. The van der Waals surface area contributed by atoms with Gasteiger partial charge in [-0.3, -0.25) is 4.21 Å². The molecule has 0 saturated heterocycles. The highest BCUT2D eigenvalue weighted by molar-refractivity contribution is 7.84. The molecule has 0 fully saturated rings. The Labute approximate surface area is 103 Å². The zero-order valence-corrected chi connectivity index (χ0v) is 10.9. The van der Waals surface area contributed by atoms with E-state index >= 15 is 0 Å². The van der Waals surface area contributed by atoms with Crippen molar-refractivity contribution in [2.45, 2.75) is 13.8 Å². The van der Waals surface area contributed by atoms with Gasteiger partial charge in [-0.15, -0.1) is 0 Å². The minimum Gasteiger partial charge on any atom is -0.476 e. The Balaban J connectivity index is 2.59. The van der Waals surface area contributed by atoms with E-state index in [4.69, 9.17) is 10.5 Å². The summed E-state index contributed by atoms with van der Waals surface area (Å²) in [4.78, 5) is 7.95. The predicted octanol–water partition coefficient (Wildman–Crippen LogP) is 0.638. The van der Waals surface area contributed by atoms with Crippen molar-refractivity contribution in [1.82, 2.24) is 9.97 Å². The molecule has 6 nitrogen and oxygen atoms in total. The summed E-state index contributed by atoms with van der Waals surface area (Å²) < 4.78 is 16.5. The molecule has 0 saturated carbocycles. The zero-order chi connectivity index (χ0) is 12.7. The Morgan fingerprint density at radius 2 is 2.24 bits per heavy atom. The van der Waals surface area contributed by atoms with E-state index in [1.807, 2.05) is 13.8 Å². The third kappa shape index (κ3) is 4.18. The molecule has 0 amide bonds. The van der Waals surface area contributed by atoms with E-state index in [2.05, 4.69) is 15.3 Å². The van der Waals surface area contributed by atoms with Crippen LogP contribution in [0.1, 0.15) is 13.8 Å². The average Bonchev–Trinajstić information content (AvgIpc) is 2.33. The van der Waals surface area contributed by atoms with E-state index in [0.29, 0.717) is 42.0 Å². The second-order valence-electron chi connectivity index (χ2n) is 3.23. The van der Waals surface area contributed by atoms with Crippen LogP contribution in [0.25, 0.3) is 0 Å². The molecule has 0 spiro atoms. The Hall–Kier alpha value is -1.37. The Kier molecular flexibility index (Phi) is 5.68.